The molecule has 0 heterocycles. The maximum absolute atomic E-state index is 7.10. The van der Waals surface area contributed by atoms with Gasteiger partial charge in [0.05, 0.1) is 7.11 Å². The van der Waals surface area contributed by atoms with Crippen molar-refractivity contribution in [1.82, 2.24) is 0 Å². The van der Waals surface area contributed by atoms with Gasteiger partial charge in [0.2, 0.25) is 4.38 Å². The van der Waals surface area contributed by atoms with Crippen LogP contribution in [0.2, 0.25) is 0 Å². The van der Waals surface area contributed by atoms with Crippen LogP contribution in [0.4, 0.5) is 0 Å². The van der Waals surface area contributed by atoms with E-state index in [0.717, 1.165) is 0 Å². The lowest BCUT2D eigenvalue weighted by molar-refractivity contribution is 0.426. The van der Waals surface area contributed by atoms with Crippen molar-refractivity contribution in [2.24, 2.45) is 5.73 Å². The monoisotopic (exact) mass is 164 g/mol. The second-order valence-electron chi connectivity index (χ2n) is 0.787. The first kappa shape index (κ1) is 11.3. The van der Waals surface area contributed by atoms with Gasteiger partial charge in [0.15, 0.2) is 6.19 Å². The molecule has 0 aromatic heterocycles. The SMILES string of the molecule is COC(=S)SC.N#CN. The molecule has 0 aliphatic rings. The molecular formula is C4H8N2OS2. The third-order valence-corrected chi connectivity index (χ3v) is 1.50. The highest BCUT2D eigenvalue weighted by Crippen LogP contribution is 1.95. The fourth-order valence-corrected chi connectivity index (χ4v) is 0.250. The summed E-state index contributed by atoms with van der Waals surface area (Å²) in [6.45, 7) is 0. The maximum Gasteiger partial charge on any atom is 0.219 e. The van der Waals surface area contributed by atoms with Crippen LogP contribution in [0.3, 0.4) is 0 Å². The number of rotatable bonds is 0. The first-order valence-corrected chi connectivity index (χ1v) is 3.57. The lowest BCUT2D eigenvalue weighted by Crippen LogP contribution is -1.85. The number of hydrogen-bond donors (Lipinski definition) is 1. The molecular weight excluding hydrogens is 156 g/mol. The van der Waals surface area contributed by atoms with Gasteiger partial charge in [-0.25, -0.2) is 0 Å². The maximum atomic E-state index is 7.10. The lowest BCUT2D eigenvalue weighted by Gasteiger charge is -1.90. The number of nitrogens with zero attached hydrogens (tertiary/aromatic N) is 1. The van der Waals surface area contributed by atoms with Gasteiger partial charge in [-0.05, 0) is 18.5 Å². The van der Waals surface area contributed by atoms with E-state index in [4.69, 9.17) is 5.26 Å². The summed E-state index contributed by atoms with van der Waals surface area (Å²) in [5.41, 5.74) is 4.15. The standard InChI is InChI=1S/C3H6OS2.CH2N2/c1-4-3(5)6-2;2-1-3/h1-2H3;2H2. The smallest absolute Gasteiger partial charge is 0.219 e. The summed E-state index contributed by atoms with van der Waals surface area (Å²) in [7, 11) is 1.57. The normalized spacial score (nSPS) is 5.89. The molecule has 0 radical (unpaired) electrons. The molecule has 0 amide bonds. The second-order valence-corrected chi connectivity index (χ2v) is 2.20. The molecule has 0 saturated heterocycles. The fraction of sp³-hybridized carbons (Fsp3) is 0.500. The third kappa shape index (κ3) is 18.5. The van der Waals surface area contributed by atoms with Crippen molar-refractivity contribution < 1.29 is 4.74 Å². The first-order chi connectivity index (χ1) is 4.22. The third-order valence-electron chi connectivity index (χ3n) is 0.333. The van der Waals surface area contributed by atoms with Crippen molar-refractivity contribution in [1.29, 1.82) is 5.26 Å². The number of hydrogen-bond acceptors (Lipinski definition) is 5. The number of thiocarbonyl (C=S) groups is 1. The highest BCUT2D eigenvalue weighted by Gasteiger charge is 1.82. The Morgan fingerprint density at radius 1 is 1.89 bits per heavy atom. The highest BCUT2D eigenvalue weighted by atomic mass is 32.2. The Kier molecular flexibility index (Phi) is 13.2. The number of nitrogens with two attached hydrogens (primary N) is 1. The number of nitriles is 1. The van der Waals surface area contributed by atoms with Gasteiger partial charge in [-0.2, -0.15) is 5.26 Å². The van der Waals surface area contributed by atoms with Crippen LogP contribution in [0, 0.1) is 11.5 Å². The van der Waals surface area contributed by atoms with E-state index in [1.807, 2.05) is 6.26 Å². The van der Waals surface area contributed by atoms with Gasteiger partial charge in [0.1, 0.15) is 0 Å². The van der Waals surface area contributed by atoms with E-state index in [1.165, 1.54) is 18.0 Å². The molecule has 52 valence electrons. The summed E-state index contributed by atoms with van der Waals surface area (Å²) in [4.78, 5) is 0. The molecule has 9 heavy (non-hydrogen) atoms. The molecule has 0 aromatic carbocycles. The molecule has 0 unspecified atom stereocenters. The van der Waals surface area contributed by atoms with E-state index in [0.29, 0.717) is 4.38 Å². The topological polar surface area (TPSA) is 59.0 Å². The quantitative estimate of drug-likeness (QED) is 0.324. The first-order valence-electron chi connectivity index (χ1n) is 1.94. The van der Waals surface area contributed by atoms with Crippen LogP contribution in [0.15, 0.2) is 0 Å². The van der Waals surface area contributed by atoms with Crippen LogP contribution in [0.5, 0.6) is 0 Å². The Hall–Kier alpha value is -0.470. The zero-order valence-corrected chi connectivity index (χ0v) is 6.88. The van der Waals surface area contributed by atoms with Gasteiger partial charge >= 0.3 is 0 Å². The highest BCUT2D eigenvalue weighted by molar-refractivity contribution is 8.22. The van der Waals surface area contributed by atoms with Gasteiger partial charge < -0.3 is 10.5 Å². The molecule has 2 N–H and O–H groups in total. The summed E-state index contributed by atoms with van der Waals surface area (Å²) < 4.78 is 5.19. The van der Waals surface area contributed by atoms with Crippen LogP contribution >= 0.6 is 24.0 Å². The van der Waals surface area contributed by atoms with Gasteiger partial charge in [-0.1, -0.05) is 11.8 Å². The Labute approximate surface area is 64.2 Å². The lowest BCUT2D eigenvalue weighted by atomic mass is 11.5. The van der Waals surface area contributed by atoms with Crippen LogP contribution in [0.1, 0.15) is 0 Å². The summed E-state index contributed by atoms with van der Waals surface area (Å²) >= 11 is 6.03. The molecule has 0 spiro atoms. The Morgan fingerprint density at radius 2 is 2.22 bits per heavy atom. The van der Waals surface area contributed by atoms with Crippen molar-refractivity contribution >= 4 is 28.4 Å². The Bertz CT molecular complexity index is 104. The zero-order valence-electron chi connectivity index (χ0n) is 5.25. The van der Waals surface area contributed by atoms with E-state index in [-0.39, 0.29) is 0 Å². The van der Waals surface area contributed by atoms with E-state index in [9.17, 15) is 0 Å². The summed E-state index contributed by atoms with van der Waals surface area (Å²) in [6, 6.07) is 0. The molecule has 0 aliphatic carbocycles. The molecule has 0 aliphatic heterocycles. The molecule has 0 saturated carbocycles. The average Bonchev–Trinajstić information content (AvgIpc) is 1.88. The predicted molar refractivity (Wildman–Crippen MR) is 42.9 cm³/mol. The minimum Gasteiger partial charge on any atom is -0.482 e. The van der Waals surface area contributed by atoms with Crippen LogP contribution in [0.25, 0.3) is 0 Å². The van der Waals surface area contributed by atoms with E-state index in [2.05, 4.69) is 22.7 Å². The van der Waals surface area contributed by atoms with Crippen molar-refractivity contribution in [3.63, 3.8) is 0 Å². The number of thioether (sulfide) groups is 1. The van der Waals surface area contributed by atoms with Crippen LogP contribution in [-0.4, -0.2) is 17.7 Å². The zero-order chi connectivity index (χ0) is 7.70. The molecule has 3 nitrogen and oxygen atoms in total. The van der Waals surface area contributed by atoms with E-state index >= 15 is 0 Å². The van der Waals surface area contributed by atoms with Crippen molar-refractivity contribution in [3.8, 4) is 6.19 Å². The summed E-state index contributed by atoms with van der Waals surface area (Å²) in [5, 5.41) is 7.10. The minimum atomic E-state index is 0.593. The fourth-order valence-electron chi connectivity index (χ4n) is 0.0833. The van der Waals surface area contributed by atoms with Crippen molar-refractivity contribution in [2.45, 2.75) is 0 Å². The predicted octanol–water partition coefficient (Wildman–Crippen LogP) is 0.707. The van der Waals surface area contributed by atoms with Gasteiger partial charge in [-0.15, -0.1) is 0 Å². The van der Waals surface area contributed by atoms with E-state index < -0.39 is 0 Å². The van der Waals surface area contributed by atoms with Gasteiger partial charge in [0, 0.05) is 0 Å². The molecule has 0 rings (SSSR count). The van der Waals surface area contributed by atoms with Gasteiger partial charge in [-0.3, -0.25) is 0 Å². The molecule has 5 heteroatoms. The summed E-state index contributed by atoms with van der Waals surface area (Å²) in [5.74, 6) is 0. The minimum absolute atomic E-state index is 0.593. The molecule has 0 aromatic rings. The van der Waals surface area contributed by atoms with Gasteiger partial charge in [0.25, 0.3) is 0 Å². The number of methoxy groups -OCH3 is 1. The van der Waals surface area contributed by atoms with E-state index in [1.54, 1.807) is 7.11 Å². The summed E-state index contributed by atoms with van der Waals surface area (Å²) in [6.07, 6.45) is 3.13. The van der Waals surface area contributed by atoms with Crippen molar-refractivity contribution in [2.75, 3.05) is 13.4 Å². The Balaban J connectivity index is 0. The largest absolute Gasteiger partial charge is 0.482 e. The second kappa shape index (κ2) is 10.5. The van der Waals surface area contributed by atoms with Crippen LogP contribution in [-0.2, 0) is 4.74 Å². The van der Waals surface area contributed by atoms with Crippen molar-refractivity contribution in [3.05, 3.63) is 0 Å². The molecule has 0 bridgehead atoms. The number of ether oxygens (including phenoxy) is 1. The molecule has 0 atom stereocenters. The Morgan fingerprint density at radius 3 is 2.22 bits per heavy atom. The van der Waals surface area contributed by atoms with Crippen LogP contribution < -0.4 is 5.73 Å². The molecule has 0 fully saturated rings. The average molecular weight is 164 g/mol.